The van der Waals surface area contributed by atoms with Gasteiger partial charge in [0.1, 0.15) is 12.4 Å². The molecule has 0 heterocycles. The first-order chi connectivity index (χ1) is 15.1. The Morgan fingerprint density at radius 3 is 2.29 bits per heavy atom. The summed E-state index contributed by atoms with van der Waals surface area (Å²) in [5.41, 5.74) is 5.06. The smallest absolute Gasteiger partial charge is 0.259 e. The minimum atomic E-state index is -0.417. The van der Waals surface area contributed by atoms with Crippen molar-refractivity contribution in [2.75, 3.05) is 6.54 Å². The molecule has 3 rings (SSSR count). The fourth-order valence-electron chi connectivity index (χ4n) is 2.72. The van der Waals surface area contributed by atoms with Crippen LogP contribution in [0.5, 0.6) is 5.75 Å². The van der Waals surface area contributed by atoms with Crippen molar-refractivity contribution in [2.24, 2.45) is 5.10 Å². The lowest BCUT2D eigenvalue weighted by Gasteiger charge is -2.10. The van der Waals surface area contributed by atoms with E-state index in [2.05, 4.69) is 31.8 Å². The Kier molecular flexibility index (Phi) is 8.37. The number of hydrogen-bond acceptors (Lipinski definition) is 4. The number of hydrogen-bond donors (Lipinski definition) is 2. The Balaban J connectivity index is 1.49. The van der Waals surface area contributed by atoms with Gasteiger partial charge in [0.05, 0.1) is 19.2 Å². The van der Waals surface area contributed by atoms with Gasteiger partial charge in [-0.2, -0.15) is 5.10 Å². The number of carbonyl (C=O) groups is 2. The molecule has 3 aromatic rings. The highest BCUT2D eigenvalue weighted by molar-refractivity contribution is 9.10. The largest absolute Gasteiger partial charge is 0.488 e. The molecule has 0 fully saturated rings. The lowest BCUT2D eigenvalue weighted by atomic mass is 10.1. The molecule has 3 aromatic carbocycles. The third kappa shape index (κ3) is 7.71. The van der Waals surface area contributed by atoms with Gasteiger partial charge in [0, 0.05) is 10.0 Å². The second kappa shape index (κ2) is 11.7. The summed E-state index contributed by atoms with van der Waals surface area (Å²) in [5, 5.41) is 6.57. The molecule has 6 nitrogen and oxygen atoms in total. The van der Waals surface area contributed by atoms with E-state index < -0.39 is 5.91 Å². The lowest BCUT2D eigenvalue weighted by molar-refractivity contribution is -0.125. The summed E-state index contributed by atoms with van der Waals surface area (Å²) in [6.45, 7) is 0.266. The summed E-state index contributed by atoms with van der Waals surface area (Å²) in [6.07, 6.45) is 1.73. The number of hydrazone groups is 1. The van der Waals surface area contributed by atoms with E-state index in [0.29, 0.717) is 17.9 Å². The van der Waals surface area contributed by atoms with Gasteiger partial charge < -0.3 is 10.1 Å². The van der Waals surface area contributed by atoms with Crippen molar-refractivity contribution in [2.45, 2.75) is 13.0 Å². The van der Waals surface area contributed by atoms with Gasteiger partial charge in [-0.15, -0.1) is 0 Å². The Bertz CT molecular complexity index is 1040. The Labute approximate surface area is 189 Å². The van der Waals surface area contributed by atoms with Crippen molar-refractivity contribution in [3.63, 3.8) is 0 Å². The molecule has 0 atom stereocenters. The lowest BCUT2D eigenvalue weighted by Crippen LogP contribution is -2.35. The zero-order valence-electron chi connectivity index (χ0n) is 16.8. The highest BCUT2D eigenvalue weighted by Gasteiger charge is 2.07. The van der Waals surface area contributed by atoms with Crippen molar-refractivity contribution >= 4 is 34.0 Å². The monoisotopic (exact) mass is 479 g/mol. The molecule has 2 amide bonds. The van der Waals surface area contributed by atoms with Gasteiger partial charge in [-0.25, -0.2) is 5.43 Å². The number of amides is 2. The fourth-order valence-corrected chi connectivity index (χ4v) is 3.10. The van der Waals surface area contributed by atoms with E-state index in [1.165, 1.54) is 6.21 Å². The number of nitrogens with zero attached hydrogens (tertiary/aromatic N) is 1. The molecule has 0 radical (unpaired) electrons. The Hall–Kier alpha value is -3.45. The van der Waals surface area contributed by atoms with E-state index in [0.717, 1.165) is 15.6 Å². The highest BCUT2D eigenvalue weighted by Crippen LogP contribution is 2.22. The molecular weight excluding hydrogens is 458 g/mol. The SMILES string of the molecule is O=C(Cc1ccccc1)NCC(=O)N/N=C/c1cc(Br)ccc1OCc1ccccc1. The molecule has 0 spiro atoms. The highest BCUT2D eigenvalue weighted by atomic mass is 79.9. The third-order valence-corrected chi connectivity index (χ3v) is 4.75. The summed E-state index contributed by atoms with van der Waals surface area (Å²) >= 11 is 3.43. The zero-order chi connectivity index (χ0) is 21.9. The first-order valence-electron chi connectivity index (χ1n) is 9.69. The van der Waals surface area contributed by atoms with E-state index >= 15 is 0 Å². The second-order valence-electron chi connectivity index (χ2n) is 6.69. The van der Waals surface area contributed by atoms with Crippen molar-refractivity contribution < 1.29 is 14.3 Å². The number of nitrogens with one attached hydrogen (secondary N) is 2. The third-order valence-electron chi connectivity index (χ3n) is 4.26. The first kappa shape index (κ1) is 22.2. The van der Waals surface area contributed by atoms with Crippen LogP contribution in [0, 0.1) is 0 Å². The summed E-state index contributed by atoms with van der Waals surface area (Å²) in [4.78, 5) is 23.9. The van der Waals surface area contributed by atoms with Gasteiger partial charge in [-0.3, -0.25) is 9.59 Å². The molecular formula is C24H22BrN3O3. The van der Waals surface area contributed by atoms with Crippen LogP contribution < -0.4 is 15.5 Å². The number of halogens is 1. The maximum atomic E-state index is 12.0. The second-order valence-corrected chi connectivity index (χ2v) is 7.60. The van der Waals surface area contributed by atoms with E-state index in [1.54, 1.807) is 0 Å². The summed E-state index contributed by atoms with van der Waals surface area (Å²) in [5.74, 6) is -0.00505. The zero-order valence-corrected chi connectivity index (χ0v) is 18.3. The summed E-state index contributed by atoms with van der Waals surface area (Å²) in [7, 11) is 0. The van der Waals surface area contributed by atoms with Crippen LogP contribution in [0.25, 0.3) is 0 Å². The van der Waals surface area contributed by atoms with Crippen LogP contribution in [-0.2, 0) is 22.6 Å². The molecule has 0 bridgehead atoms. The Morgan fingerprint density at radius 1 is 0.903 bits per heavy atom. The predicted molar refractivity (Wildman–Crippen MR) is 124 cm³/mol. The molecule has 31 heavy (non-hydrogen) atoms. The molecule has 0 aromatic heterocycles. The molecule has 158 valence electrons. The molecule has 0 saturated carbocycles. The van der Waals surface area contributed by atoms with Crippen molar-refractivity contribution in [1.29, 1.82) is 0 Å². The molecule has 0 aliphatic heterocycles. The van der Waals surface area contributed by atoms with E-state index in [-0.39, 0.29) is 18.9 Å². The van der Waals surface area contributed by atoms with Gasteiger partial charge in [0.15, 0.2) is 0 Å². The van der Waals surface area contributed by atoms with Crippen LogP contribution in [0.3, 0.4) is 0 Å². The van der Waals surface area contributed by atoms with Crippen LogP contribution in [0.2, 0.25) is 0 Å². The normalized spacial score (nSPS) is 10.6. The standard InChI is InChI=1S/C24H22BrN3O3/c25-21-11-12-22(31-17-19-9-5-2-6-10-19)20(14-21)15-27-28-24(30)16-26-23(29)13-18-7-3-1-4-8-18/h1-12,14-15H,13,16-17H2,(H,26,29)(H,28,30)/b27-15+. The molecule has 0 saturated heterocycles. The quantitative estimate of drug-likeness (QED) is 0.361. The molecule has 0 unspecified atom stereocenters. The minimum Gasteiger partial charge on any atom is -0.488 e. The number of rotatable bonds is 9. The van der Waals surface area contributed by atoms with Crippen LogP contribution >= 0.6 is 15.9 Å². The van der Waals surface area contributed by atoms with Gasteiger partial charge in [-0.05, 0) is 29.3 Å². The average molecular weight is 480 g/mol. The molecule has 7 heteroatoms. The van der Waals surface area contributed by atoms with Crippen molar-refractivity contribution in [3.05, 3.63) is 100 Å². The van der Waals surface area contributed by atoms with Gasteiger partial charge in [0.25, 0.3) is 5.91 Å². The number of benzene rings is 3. The van der Waals surface area contributed by atoms with Crippen LogP contribution in [0.15, 0.2) is 88.4 Å². The van der Waals surface area contributed by atoms with Crippen LogP contribution in [0.1, 0.15) is 16.7 Å². The maximum absolute atomic E-state index is 12.0. The van der Waals surface area contributed by atoms with Crippen LogP contribution in [0.4, 0.5) is 0 Å². The van der Waals surface area contributed by atoms with E-state index in [9.17, 15) is 9.59 Å². The van der Waals surface area contributed by atoms with Crippen molar-refractivity contribution in [1.82, 2.24) is 10.7 Å². The van der Waals surface area contributed by atoms with Gasteiger partial charge >= 0.3 is 0 Å². The first-order valence-corrected chi connectivity index (χ1v) is 10.5. The number of carbonyl (C=O) groups excluding carboxylic acids is 2. The number of ether oxygens (including phenoxy) is 1. The Morgan fingerprint density at radius 2 is 1.58 bits per heavy atom. The average Bonchev–Trinajstić information content (AvgIpc) is 2.78. The van der Waals surface area contributed by atoms with Gasteiger partial charge in [-0.1, -0.05) is 76.6 Å². The molecule has 2 N–H and O–H groups in total. The fraction of sp³-hybridized carbons (Fsp3) is 0.125. The van der Waals surface area contributed by atoms with Crippen molar-refractivity contribution in [3.8, 4) is 5.75 Å². The van der Waals surface area contributed by atoms with Crippen LogP contribution in [-0.4, -0.2) is 24.6 Å². The predicted octanol–water partition coefficient (Wildman–Crippen LogP) is 3.84. The van der Waals surface area contributed by atoms with Gasteiger partial charge in [0.2, 0.25) is 5.91 Å². The minimum absolute atomic E-state index is 0.154. The maximum Gasteiger partial charge on any atom is 0.259 e. The molecule has 0 aliphatic rings. The molecule has 0 aliphatic carbocycles. The topological polar surface area (TPSA) is 79.8 Å². The summed E-state index contributed by atoms with van der Waals surface area (Å²) in [6, 6.07) is 24.7. The van der Waals surface area contributed by atoms with E-state index in [1.807, 2.05) is 78.9 Å². The van der Waals surface area contributed by atoms with E-state index in [4.69, 9.17) is 4.74 Å². The summed E-state index contributed by atoms with van der Waals surface area (Å²) < 4.78 is 6.75.